The highest BCUT2D eigenvalue weighted by atomic mass is 35.5. The first-order valence-electron chi connectivity index (χ1n) is 5.97. The number of carbonyl (C=O) groups is 1. The highest BCUT2D eigenvalue weighted by Gasteiger charge is 2.58. The molecule has 0 aromatic heterocycles. The number of hydrogen-bond donors (Lipinski definition) is 0. The predicted octanol–water partition coefficient (Wildman–Crippen LogP) is 4.78. The fraction of sp³-hybridized carbons (Fsp3) is 0.400. The van der Waals surface area contributed by atoms with E-state index >= 15 is 0 Å². The minimum Gasteiger partial charge on any atom is -0.300 e. The van der Waals surface area contributed by atoms with Crippen molar-refractivity contribution in [3.63, 3.8) is 0 Å². The van der Waals surface area contributed by atoms with Gasteiger partial charge in [0, 0.05) is 16.0 Å². The van der Waals surface area contributed by atoms with Gasteiger partial charge in [-0.15, -0.1) is 0 Å². The van der Waals surface area contributed by atoms with Gasteiger partial charge in [-0.1, -0.05) is 55.3 Å². The summed E-state index contributed by atoms with van der Waals surface area (Å²) in [6.45, 7) is 5.86. The molecule has 1 saturated carbocycles. The van der Waals surface area contributed by atoms with E-state index in [1.54, 1.807) is 6.92 Å². The van der Waals surface area contributed by atoms with Crippen LogP contribution < -0.4 is 0 Å². The van der Waals surface area contributed by atoms with E-state index in [0.717, 1.165) is 5.56 Å². The monoisotopic (exact) mass is 282 g/mol. The van der Waals surface area contributed by atoms with E-state index in [4.69, 9.17) is 23.2 Å². The molecule has 0 amide bonds. The van der Waals surface area contributed by atoms with E-state index in [2.05, 4.69) is 13.8 Å². The molecular weight excluding hydrogens is 267 g/mol. The smallest absolute Gasteiger partial charge is 0.134 e. The van der Waals surface area contributed by atoms with E-state index in [1.807, 2.05) is 30.3 Å². The van der Waals surface area contributed by atoms with Crippen LogP contribution in [-0.4, -0.2) is 5.78 Å². The van der Waals surface area contributed by atoms with Gasteiger partial charge >= 0.3 is 0 Å². The zero-order chi connectivity index (χ0) is 13.5. The number of ketones is 1. The van der Waals surface area contributed by atoms with Crippen molar-refractivity contribution in [3.05, 3.63) is 40.9 Å². The van der Waals surface area contributed by atoms with Crippen LogP contribution in [0, 0.1) is 17.3 Å². The lowest BCUT2D eigenvalue weighted by molar-refractivity contribution is -0.118. The Kier molecular flexibility index (Phi) is 3.57. The van der Waals surface area contributed by atoms with Gasteiger partial charge in [0.05, 0.1) is 0 Å². The third-order valence-electron chi connectivity index (χ3n) is 3.79. The van der Waals surface area contributed by atoms with Crippen LogP contribution in [-0.2, 0) is 4.79 Å². The average Bonchev–Trinajstić information content (AvgIpc) is 2.81. The second-order valence-electron chi connectivity index (χ2n) is 5.46. The van der Waals surface area contributed by atoms with Gasteiger partial charge in [-0.3, -0.25) is 4.79 Å². The Labute approximate surface area is 118 Å². The van der Waals surface area contributed by atoms with Gasteiger partial charge in [0.15, 0.2) is 0 Å². The summed E-state index contributed by atoms with van der Waals surface area (Å²) in [6, 6.07) is 7.40. The molecule has 0 N–H and O–H groups in total. The number of rotatable bonds is 3. The van der Waals surface area contributed by atoms with Crippen LogP contribution in [0.25, 0.3) is 5.03 Å². The van der Waals surface area contributed by atoms with Crippen molar-refractivity contribution >= 4 is 34.0 Å². The van der Waals surface area contributed by atoms with Crippen LogP contribution >= 0.6 is 23.2 Å². The average molecular weight is 283 g/mol. The molecular formula is C15H16Cl2O. The minimum absolute atomic E-state index is 0.0262. The summed E-state index contributed by atoms with van der Waals surface area (Å²) in [7, 11) is 0. The number of benzene rings is 1. The van der Waals surface area contributed by atoms with E-state index in [1.165, 1.54) is 0 Å². The van der Waals surface area contributed by atoms with Crippen LogP contribution in [0.3, 0.4) is 0 Å². The van der Waals surface area contributed by atoms with E-state index in [0.29, 0.717) is 10.1 Å². The van der Waals surface area contributed by atoms with Gasteiger partial charge in [0.2, 0.25) is 0 Å². The third kappa shape index (κ3) is 2.48. The van der Waals surface area contributed by atoms with Crippen LogP contribution in [0.4, 0.5) is 0 Å². The van der Waals surface area contributed by atoms with E-state index in [-0.39, 0.29) is 23.0 Å². The first kappa shape index (κ1) is 13.6. The lowest BCUT2D eigenvalue weighted by Gasteiger charge is -2.01. The minimum atomic E-state index is 0.0262. The van der Waals surface area contributed by atoms with Crippen molar-refractivity contribution in [1.29, 1.82) is 0 Å². The molecule has 0 bridgehead atoms. The zero-order valence-electron chi connectivity index (χ0n) is 10.7. The Bertz CT molecular complexity index is 500. The van der Waals surface area contributed by atoms with Gasteiger partial charge in [0.1, 0.15) is 5.78 Å². The molecule has 1 fully saturated rings. The molecule has 1 aromatic carbocycles. The van der Waals surface area contributed by atoms with Crippen LogP contribution in [0.15, 0.2) is 30.3 Å². The van der Waals surface area contributed by atoms with Crippen LogP contribution in [0.1, 0.15) is 26.3 Å². The van der Waals surface area contributed by atoms with Gasteiger partial charge in [-0.25, -0.2) is 0 Å². The number of Topliss-reactive ketones (excluding diaryl/α,β-unsaturated/α-hetero) is 1. The molecule has 3 heteroatoms. The molecule has 0 saturated heterocycles. The first-order chi connectivity index (χ1) is 8.34. The molecule has 0 aliphatic heterocycles. The lowest BCUT2D eigenvalue weighted by Crippen LogP contribution is -1.99. The van der Waals surface area contributed by atoms with Crippen molar-refractivity contribution in [3.8, 4) is 0 Å². The molecule has 1 aromatic rings. The summed E-state index contributed by atoms with van der Waals surface area (Å²) >= 11 is 12.1. The molecule has 0 unspecified atom stereocenters. The maximum Gasteiger partial charge on any atom is 0.134 e. The second kappa shape index (κ2) is 4.71. The topological polar surface area (TPSA) is 17.1 Å². The van der Waals surface area contributed by atoms with Crippen LogP contribution in [0.5, 0.6) is 0 Å². The Morgan fingerprint density at radius 2 is 1.83 bits per heavy atom. The number of hydrogen-bond acceptors (Lipinski definition) is 1. The Morgan fingerprint density at radius 3 is 2.28 bits per heavy atom. The largest absolute Gasteiger partial charge is 0.300 e. The SMILES string of the molecule is CC(=O)[C@@H]1[C@@H](C=C(Cl)c2ccc(Cl)cc2)C1(C)C. The van der Waals surface area contributed by atoms with Crippen molar-refractivity contribution < 1.29 is 4.79 Å². The molecule has 0 heterocycles. The zero-order valence-corrected chi connectivity index (χ0v) is 12.2. The summed E-state index contributed by atoms with van der Waals surface area (Å²) < 4.78 is 0. The van der Waals surface area contributed by atoms with Crippen molar-refractivity contribution in [2.75, 3.05) is 0 Å². The van der Waals surface area contributed by atoms with E-state index < -0.39 is 0 Å². The van der Waals surface area contributed by atoms with Crippen molar-refractivity contribution in [1.82, 2.24) is 0 Å². The number of halogens is 2. The summed E-state index contributed by atoms with van der Waals surface area (Å²) in [5, 5.41) is 1.38. The van der Waals surface area contributed by atoms with Crippen molar-refractivity contribution in [2.24, 2.45) is 17.3 Å². The fourth-order valence-corrected chi connectivity index (χ4v) is 3.02. The van der Waals surface area contributed by atoms with Gasteiger partial charge in [-0.2, -0.15) is 0 Å². The molecule has 1 aliphatic carbocycles. The van der Waals surface area contributed by atoms with Gasteiger partial charge in [0.25, 0.3) is 0 Å². The molecule has 18 heavy (non-hydrogen) atoms. The molecule has 0 radical (unpaired) electrons. The Balaban J connectivity index is 2.20. The number of carbonyl (C=O) groups excluding carboxylic acids is 1. The first-order valence-corrected chi connectivity index (χ1v) is 6.73. The summed E-state index contributed by atoms with van der Waals surface area (Å²) in [6.07, 6.45) is 2.00. The summed E-state index contributed by atoms with van der Waals surface area (Å²) in [5.74, 6) is 0.568. The molecule has 1 aliphatic rings. The standard InChI is InChI=1S/C15H16Cl2O/c1-9(18)14-12(15(14,2)3)8-13(17)10-4-6-11(16)7-5-10/h4-8,12,14H,1-3H3/t12-,14-/m1/s1. The fourth-order valence-electron chi connectivity index (χ4n) is 2.63. The van der Waals surface area contributed by atoms with Crippen molar-refractivity contribution in [2.45, 2.75) is 20.8 Å². The highest BCUT2D eigenvalue weighted by molar-refractivity contribution is 6.48. The quantitative estimate of drug-likeness (QED) is 0.780. The molecule has 2 atom stereocenters. The van der Waals surface area contributed by atoms with E-state index in [9.17, 15) is 4.79 Å². The lowest BCUT2D eigenvalue weighted by atomic mass is 10.1. The maximum absolute atomic E-state index is 11.5. The highest BCUT2D eigenvalue weighted by Crippen LogP contribution is 2.60. The number of allylic oxidation sites excluding steroid dienone is 1. The maximum atomic E-state index is 11.5. The second-order valence-corrected chi connectivity index (χ2v) is 6.30. The Morgan fingerprint density at radius 1 is 1.28 bits per heavy atom. The van der Waals surface area contributed by atoms with Crippen LogP contribution in [0.2, 0.25) is 5.02 Å². The molecule has 2 rings (SSSR count). The molecule has 96 valence electrons. The van der Waals surface area contributed by atoms with Gasteiger partial charge in [-0.05, 0) is 36.0 Å². The van der Waals surface area contributed by atoms with Gasteiger partial charge < -0.3 is 0 Å². The Hall–Kier alpha value is -0.790. The normalized spacial score (nSPS) is 25.9. The summed E-state index contributed by atoms with van der Waals surface area (Å²) in [5.41, 5.74) is 0.962. The summed E-state index contributed by atoms with van der Waals surface area (Å²) in [4.78, 5) is 11.5. The molecule has 1 nitrogen and oxygen atoms in total. The molecule has 0 spiro atoms. The predicted molar refractivity (Wildman–Crippen MR) is 76.7 cm³/mol. The third-order valence-corrected chi connectivity index (χ3v) is 4.39.